The maximum absolute atomic E-state index is 13.1. The van der Waals surface area contributed by atoms with Crippen LogP contribution in [0, 0.1) is 0 Å². The zero-order valence-corrected chi connectivity index (χ0v) is 18.0. The Morgan fingerprint density at radius 2 is 2.07 bits per heavy atom. The zero-order chi connectivity index (χ0) is 21.0. The molecule has 0 radical (unpaired) electrons. The number of hydrogen-bond acceptors (Lipinski definition) is 5. The molecule has 1 fully saturated rings. The van der Waals surface area contributed by atoms with E-state index in [1.807, 2.05) is 38.1 Å². The van der Waals surface area contributed by atoms with Gasteiger partial charge in [-0.3, -0.25) is 9.69 Å². The fourth-order valence-electron chi connectivity index (χ4n) is 3.67. The molecule has 1 aromatic carbocycles. The van der Waals surface area contributed by atoms with Crippen molar-refractivity contribution in [3.05, 3.63) is 54.0 Å². The quantitative estimate of drug-likeness (QED) is 0.746. The summed E-state index contributed by atoms with van der Waals surface area (Å²) in [4.78, 5) is 14.8. The van der Waals surface area contributed by atoms with Gasteiger partial charge in [0.15, 0.2) is 0 Å². The number of nitrogens with zero attached hydrogens (tertiary/aromatic N) is 2. The van der Waals surface area contributed by atoms with E-state index < -0.39 is 10.0 Å². The summed E-state index contributed by atoms with van der Waals surface area (Å²) in [5.41, 5.74) is 0.327. The number of amides is 1. The summed E-state index contributed by atoms with van der Waals surface area (Å²) in [5, 5.41) is 2.89. The van der Waals surface area contributed by atoms with Gasteiger partial charge in [-0.2, -0.15) is 4.31 Å². The highest BCUT2D eigenvalue weighted by Gasteiger charge is 2.31. The van der Waals surface area contributed by atoms with Crippen molar-refractivity contribution in [2.75, 3.05) is 27.2 Å². The second-order valence-corrected chi connectivity index (χ2v) is 9.58. The van der Waals surface area contributed by atoms with Crippen LogP contribution in [0.4, 0.5) is 0 Å². The van der Waals surface area contributed by atoms with Gasteiger partial charge in [0.1, 0.15) is 5.76 Å². The van der Waals surface area contributed by atoms with Crippen molar-refractivity contribution in [1.29, 1.82) is 0 Å². The van der Waals surface area contributed by atoms with Gasteiger partial charge >= 0.3 is 0 Å². The summed E-state index contributed by atoms with van der Waals surface area (Å²) in [5.74, 6) is 0.442. The van der Waals surface area contributed by atoms with Crippen molar-refractivity contribution in [2.24, 2.45) is 0 Å². The Hall–Kier alpha value is -2.16. The van der Waals surface area contributed by atoms with Crippen molar-refractivity contribution in [3.8, 4) is 0 Å². The second kappa shape index (κ2) is 9.11. The molecule has 2 atom stereocenters. The molecule has 0 saturated carbocycles. The predicted molar refractivity (Wildman–Crippen MR) is 111 cm³/mol. The molecule has 0 aliphatic carbocycles. The molecule has 2 heterocycles. The first-order valence-electron chi connectivity index (χ1n) is 9.90. The highest BCUT2D eigenvalue weighted by atomic mass is 32.2. The minimum atomic E-state index is -3.62. The third-order valence-corrected chi connectivity index (χ3v) is 7.41. The van der Waals surface area contributed by atoms with Crippen LogP contribution in [0.25, 0.3) is 0 Å². The van der Waals surface area contributed by atoms with Crippen LogP contribution in [0.2, 0.25) is 0 Å². The summed E-state index contributed by atoms with van der Waals surface area (Å²) in [7, 11) is 0.201. The molecule has 1 amide bonds. The molecule has 1 aliphatic heterocycles. The first-order valence-corrected chi connectivity index (χ1v) is 11.3. The number of carbonyl (C=O) groups is 1. The number of benzene rings is 1. The maximum atomic E-state index is 13.1. The van der Waals surface area contributed by atoms with Gasteiger partial charge in [-0.1, -0.05) is 12.5 Å². The van der Waals surface area contributed by atoms with E-state index >= 15 is 0 Å². The van der Waals surface area contributed by atoms with Gasteiger partial charge in [-0.05, 0) is 64.2 Å². The number of carbonyl (C=O) groups excluding carboxylic acids is 1. The van der Waals surface area contributed by atoms with E-state index in [-0.39, 0.29) is 22.9 Å². The number of furan rings is 1. The van der Waals surface area contributed by atoms with Crippen molar-refractivity contribution < 1.29 is 17.6 Å². The lowest BCUT2D eigenvalue weighted by atomic mass is 10.1. The van der Waals surface area contributed by atoms with Gasteiger partial charge < -0.3 is 9.73 Å². The molecule has 0 spiro atoms. The second-order valence-electron chi connectivity index (χ2n) is 7.69. The van der Waals surface area contributed by atoms with E-state index in [2.05, 4.69) is 5.32 Å². The van der Waals surface area contributed by atoms with Crippen molar-refractivity contribution >= 4 is 15.9 Å². The number of nitrogens with one attached hydrogen (secondary N) is 1. The van der Waals surface area contributed by atoms with E-state index in [9.17, 15) is 13.2 Å². The Labute approximate surface area is 172 Å². The van der Waals surface area contributed by atoms with E-state index in [1.165, 1.54) is 6.07 Å². The van der Waals surface area contributed by atoms with Crippen LogP contribution in [0.15, 0.2) is 52.0 Å². The van der Waals surface area contributed by atoms with Crippen LogP contribution >= 0.6 is 0 Å². The minimum Gasteiger partial charge on any atom is -0.468 e. The molecule has 2 unspecified atom stereocenters. The topological polar surface area (TPSA) is 82.9 Å². The first kappa shape index (κ1) is 21.5. The number of rotatable bonds is 7. The zero-order valence-electron chi connectivity index (χ0n) is 17.2. The average molecular weight is 420 g/mol. The largest absolute Gasteiger partial charge is 0.468 e. The molecule has 2 aromatic rings. The van der Waals surface area contributed by atoms with Crippen LogP contribution in [0.3, 0.4) is 0 Å². The molecular formula is C21H29N3O4S. The van der Waals surface area contributed by atoms with Crippen LogP contribution in [-0.2, 0) is 10.0 Å². The molecule has 8 heteroatoms. The molecule has 1 aromatic heterocycles. The monoisotopic (exact) mass is 419 g/mol. The van der Waals surface area contributed by atoms with Crippen LogP contribution in [0.5, 0.6) is 0 Å². The summed E-state index contributed by atoms with van der Waals surface area (Å²) < 4.78 is 33.1. The molecule has 158 valence electrons. The molecule has 1 aliphatic rings. The molecule has 29 heavy (non-hydrogen) atoms. The lowest BCUT2D eigenvalue weighted by molar-refractivity contribution is 0.0939. The van der Waals surface area contributed by atoms with Crippen molar-refractivity contribution in [2.45, 2.75) is 43.2 Å². The third kappa shape index (κ3) is 4.88. The molecule has 1 saturated heterocycles. The summed E-state index contributed by atoms with van der Waals surface area (Å²) in [6.07, 6.45) is 4.36. The van der Waals surface area contributed by atoms with E-state index in [0.717, 1.165) is 25.0 Å². The normalized spacial score (nSPS) is 19.2. The van der Waals surface area contributed by atoms with Gasteiger partial charge in [0, 0.05) is 24.7 Å². The van der Waals surface area contributed by atoms with Gasteiger partial charge in [0.25, 0.3) is 5.91 Å². The van der Waals surface area contributed by atoms with E-state index in [4.69, 9.17) is 4.42 Å². The standard InChI is InChI=1S/C21H29N3O4S/c1-16-8-4-5-12-24(16)29(26,27)18-10-6-9-17(14-18)21(25)22-15-19(23(2)3)20-11-7-13-28-20/h6-7,9-11,13-14,16,19H,4-5,8,12,15H2,1-3H3,(H,22,25). The fraction of sp³-hybridized carbons (Fsp3) is 0.476. The highest BCUT2D eigenvalue weighted by Crippen LogP contribution is 2.25. The number of piperidine rings is 1. The Morgan fingerprint density at radius 1 is 1.28 bits per heavy atom. The van der Waals surface area contributed by atoms with Crippen LogP contribution in [-0.4, -0.2) is 56.8 Å². The van der Waals surface area contributed by atoms with Gasteiger partial charge in [-0.15, -0.1) is 0 Å². The Balaban J connectivity index is 1.74. The van der Waals surface area contributed by atoms with Crippen LogP contribution in [0.1, 0.15) is 48.3 Å². The fourth-order valence-corrected chi connectivity index (χ4v) is 5.42. The first-order chi connectivity index (χ1) is 13.8. The van der Waals surface area contributed by atoms with E-state index in [0.29, 0.717) is 18.7 Å². The lowest BCUT2D eigenvalue weighted by Crippen LogP contribution is -2.42. The molecule has 1 N–H and O–H groups in total. The minimum absolute atomic E-state index is 0.0274. The maximum Gasteiger partial charge on any atom is 0.251 e. The Kier molecular flexibility index (Phi) is 6.77. The highest BCUT2D eigenvalue weighted by molar-refractivity contribution is 7.89. The van der Waals surface area contributed by atoms with E-state index in [1.54, 1.807) is 28.8 Å². The van der Waals surface area contributed by atoms with Gasteiger partial charge in [0.2, 0.25) is 10.0 Å². The number of hydrogen-bond donors (Lipinski definition) is 1. The van der Waals surface area contributed by atoms with Crippen molar-refractivity contribution in [3.63, 3.8) is 0 Å². The Bertz CT molecular complexity index is 925. The average Bonchev–Trinajstić information content (AvgIpc) is 3.22. The summed E-state index contributed by atoms with van der Waals surface area (Å²) >= 11 is 0. The van der Waals surface area contributed by atoms with Gasteiger partial charge in [0.05, 0.1) is 17.2 Å². The Morgan fingerprint density at radius 3 is 2.72 bits per heavy atom. The van der Waals surface area contributed by atoms with Crippen molar-refractivity contribution in [1.82, 2.24) is 14.5 Å². The summed E-state index contributed by atoms with van der Waals surface area (Å²) in [6, 6.07) is 9.80. The third-order valence-electron chi connectivity index (χ3n) is 5.40. The molecule has 3 rings (SSSR count). The smallest absolute Gasteiger partial charge is 0.251 e. The number of likely N-dealkylation sites (N-methyl/N-ethyl adjacent to an activating group) is 1. The SMILES string of the molecule is CC1CCCCN1S(=O)(=O)c1cccc(C(=O)NCC(c2ccco2)N(C)C)c1. The number of sulfonamides is 1. The predicted octanol–water partition coefficient (Wildman–Crippen LogP) is 2.88. The van der Waals surface area contributed by atoms with Gasteiger partial charge in [-0.25, -0.2) is 8.42 Å². The summed E-state index contributed by atoms with van der Waals surface area (Å²) in [6.45, 7) is 2.80. The molecule has 7 nitrogen and oxygen atoms in total. The molecule has 0 bridgehead atoms. The van der Waals surface area contributed by atoms with Crippen LogP contribution < -0.4 is 5.32 Å². The lowest BCUT2D eigenvalue weighted by Gasteiger charge is -2.32. The molecular weight excluding hydrogens is 390 g/mol.